The van der Waals surface area contributed by atoms with E-state index in [4.69, 9.17) is 38.4 Å². The van der Waals surface area contributed by atoms with Crippen molar-refractivity contribution in [3.63, 3.8) is 0 Å². The van der Waals surface area contributed by atoms with Crippen LogP contribution in [-0.4, -0.2) is 56.7 Å². The van der Waals surface area contributed by atoms with Gasteiger partial charge >= 0.3 is 5.97 Å². The number of nitrogens with two attached hydrogens (primary N) is 1. The number of carbonyl (C=O) groups is 1. The van der Waals surface area contributed by atoms with Crippen LogP contribution in [0.3, 0.4) is 0 Å². The first-order valence-corrected chi connectivity index (χ1v) is 10.7. The molecule has 2 unspecified atom stereocenters. The zero-order chi connectivity index (χ0) is 21.5. The van der Waals surface area contributed by atoms with E-state index in [9.17, 15) is 15.0 Å². The summed E-state index contributed by atoms with van der Waals surface area (Å²) in [5, 5.41) is 21.6. The van der Waals surface area contributed by atoms with Crippen LogP contribution in [0, 0.1) is 5.92 Å². The van der Waals surface area contributed by atoms with Crippen molar-refractivity contribution in [3.05, 3.63) is 26.9 Å². The molecule has 1 aromatic carbocycles. The van der Waals surface area contributed by atoms with E-state index >= 15 is 0 Å². The lowest BCUT2D eigenvalue weighted by atomic mass is 10.0. The molecule has 1 saturated heterocycles. The Hall–Kier alpha value is -0.940. The number of rotatable bonds is 6. The van der Waals surface area contributed by atoms with Crippen LogP contribution in [0.15, 0.2) is 16.9 Å². The van der Waals surface area contributed by atoms with Crippen molar-refractivity contribution >= 4 is 56.1 Å². The largest absolute Gasteiger partial charge is 0.462 e. The van der Waals surface area contributed by atoms with E-state index in [1.807, 2.05) is 13.8 Å². The molecule has 29 heavy (non-hydrogen) atoms. The maximum absolute atomic E-state index is 12.1. The molecule has 2 aromatic rings. The number of fused-ring (bicyclic) bond motifs is 1. The molecular formula is C18H22BrCl2N3O5. The van der Waals surface area contributed by atoms with Gasteiger partial charge in [0.05, 0.1) is 21.1 Å². The normalized spacial score (nSPS) is 26.6. The second-order valence-corrected chi connectivity index (χ2v) is 8.62. The van der Waals surface area contributed by atoms with Crippen LogP contribution in [0.1, 0.15) is 26.5 Å². The summed E-state index contributed by atoms with van der Waals surface area (Å²) in [7, 11) is 0. The molecule has 1 aromatic heterocycles. The number of hydrogen-bond acceptors (Lipinski definition) is 7. The second-order valence-electron chi connectivity index (χ2n) is 7.09. The molecule has 1 aliphatic heterocycles. The van der Waals surface area contributed by atoms with Gasteiger partial charge in [-0.25, -0.2) is 4.98 Å². The van der Waals surface area contributed by atoms with Gasteiger partial charge in [0.2, 0.25) is 0 Å². The number of benzene rings is 1. The van der Waals surface area contributed by atoms with E-state index in [1.165, 1.54) is 0 Å². The maximum Gasteiger partial charge on any atom is 0.323 e. The van der Waals surface area contributed by atoms with E-state index < -0.39 is 36.6 Å². The number of nitrogens with zero attached hydrogens (tertiary/aromatic N) is 2. The number of aromatic nitrogens is 2. The summed E-state index contributed by atoms with van der Waals surface area (Å²) in [6, 6.07) is 2.42. The molecule has 0 saturated carbocycles. The molecule has 11 heteroatoms. The van der Waals surface area contributed by atoms with Gasteiger partial charge in [0.1, 0.15) is 31.0 Å². The standard InChI is InChI=1S/C18H22BrCl2N3O5/c1-3-7(2)13(22)17(27)28-6-12-14(25)15(26)16(29-12)24-11-5-9(21)8(20)4-10(11)23-18(24)19/h4-5,7,12-16,25-26H,3,6,22H2,1-2H3/t7?,12-,13?,14-,15-,16-/m1/s1. The Morgan fingerprint density at radius 3 is 2.69 bits per heavy atom. The van der Waals surface area contributed by atoms with Crippen molar-refractivity contribution in [2.75, 3.05) is 6.61 Å². The Kier molecular flexibility index (Phi) is 7.10. The molecule has 0 radical (unpaired) electrons. The van der Waals surface area contributed by atoms with Gasteiger partial charge in [0.15, 0.2) is 11.0 Å². The minimum Gasteiger partial charge on any atom is -0.462 e. The molecular weight excluding hydrogens is 489 g/mol. The first-order chi connectivity index (χ1) is 13.6. The van der Waals surface area contributed by atoms with Crippen LogP contribution in [0.25, 0.3) is 11.0 Å². The number of hydrogen-bond donors (Lipinski definition) is 3. The quantitative estimate of drug-likeness (QED) is 0.511. The Labute approximate surface area is 186 Å². The number of aliphatic hydroxyl groups excluding tert-OH is 2. The summed E-state index contributed by atoms with van der Waals surface area (Å²) >= 11 is 15.5. The molecule has 8 nitrogen and oxygen atoms in total. The second kappa shape index (κ2) is 9.05. The van der Waals surface area contributed by atoms with Gasteiger partial charge in [-0.05, 0) is 34.0 Å². The molecule has 3 rings (SSSR count). The summed E-state index contributed by atoms with van der Waals surface area (Å²) < 4.78 is 12.9. The van der Waals surface area contributed by atoms with Crippen LogP contribution in [-0.2, 0) is 14.3 Å². The van der Waals surface area contributed by atoms with Crippen LogP contribution in [0.2, 0.25) is 10.0 Å². The van der Waals surface area contributed by atoms with Crippen molar-refractivity contribution in [1.82, 2.24) is 9.55 Å². The van der Waals surface area contributed by atoms with Crippen molar-refractivity contribution < 1.29 is 24.5 Å². The summed E-state index contributed by atoms with van der Waals surface area (Å²) in [6.07, 6.45) is -3.75. The molecule has 0 aliphatic carbocycles. The molecule has 160 valence electrons. The monoisotopic (exact) mass is 509 g/mol. The van der Waals surface area contributed by atoms with Crippen molar-refractivity contribution in [3.8, 4) is 0 Å². The van der Waals surface area contributed by atoms with Crippen molar-refractivity contribution in [2.24, 2.45) is 11.7 Å². The predicted molar refractivity (Wildman–Crippen MR) is 112 cm³/mol. The SMILES string of the molecule is CCC(C)C(N)C(=O)OC[C@H]1O[C@@H](n2c(Br)nc3cc(Cl)c(Cl)cc32)[C@H](O)[C@@H]1O. The fraction of sp³-hybridized carbons (Fsp3) is 0.556. The molecule has 4 N–H and O–H groups in total. The molecule has 0 spiro atoms. The lowest BCUT2D eigenvalue weighted by Crippen LogP contribution is -2.40. The van der Waals surface area contributed by atoms with Crippen molar-refractivity contribution in [1.29, 1.82) is 0 Å². The number of halogens is 3. The molecule has 6 atom stereocenters. The number of esters is 1. The highest BCUT2D eigenvalue weighted by Crippen LogP contribution is 2.37. The van der Waals surface area contributed by atoms with Gasteiger partial charge in [0.25, 0.3) is 0 Å². The Bertz CT molecular complexity index is 911. The summed E-state index contributed by atoms with van der Waals surface area (Å²) in [6.45, 7) is 3.54. The fourth-order valence-corrected chi connectivity index (χ4v) is 4.03. The van der Waals surface area contributed by atoms with Crippen molar-refractivity contribution in [2.45, 2.75) is 50.8 Å². The maximum atomic E-state index is 12.1. The average Bonchev–Trinajstić information content (AvgIpc) is 3.14. The Morgan fingerprint density at radius 2 is 2.03 bits per heavy atom. The zero-order valence-corrected chi connectivity index (χ0v) is 18.9. The Morgan fingerprint density at radius 1 is 1.38 bits per heavy atom. The molecule has 2 heterocycles. The minimum atomic E-state index is -1.29. The number of carbonyl (C=O) groups excluding carboxylic acids is 1. The summed E-state index contributed by atoms with van der Waals surface area (Å²) in [4.78, 5) is 16.4. The Balaban J connectivity index is 1.78. The lowest BCUT2D eigenvalue weighted by molar-refractivity contribution is -0.152. The van der Waals surface area contributed by atoms with Gasteiger partial charge in [-0.3, -0.25) is 9.36 Å². The van der Waals surface area contributed by atoms with Gasteiger partial charge in [0, 0.05) is 0 Å². The van der Waals surface area contributed by atoms with Gasteiger partial charge in [-0.1, -0.05) is 43.5 Å². The van der Waals surface area contributed by atoms with Gasteiger partial charge < -0.3 is 25.4 Å². The molecule has 1 fully saturated rings. The number of ether oxygens (including phenoxy) is 2. The average molecular weight is 511 g/mol. The third-order valence-electron chi connectivity index (χ3n) is 5.20. The predicted octanol–water partition coefficient (Wildman–Crippen LogP) is 2.64. The van der Waals surface area contributed by atoms with Crippen LogP contribution >= 0.6 is 39.1 Å². The summed E-state index contributed by atoms with van der Waals surface area (Å²) in [5.74, 6) is -0.621. The van der Waals surface area contributed by atoms with E-state index in [0.717, 1.165) is 6.42 Å². The van der Waals surface area contributed by atoms with E-state index in [1.54, 1.807) is 16.7 Å². The topological polar surface area (TPSA) is 120 Å². The third kappa shape index (κ3) is 4.41. The number of aliphatic hydroxyl groups is 2. The van der Waals surface area contributed by atoms with Crippen LogP contribution < -0.4 is 5.73 Å². The number of imidazole rings is 1. The summed E-state index contributed by atoms with van der Waals surface area (Å²) in [5.41, 5.74) is 6.95. The molecule has 1 aliphatic rings. The van der Waals surface area contributed by atoms with Crippen LogP contribution in [0.5, 0.6) is 0 Å². The third-order valence-corrected chi connectivity index (χ3v) is 6.48. The molecule has 0 amide bonds. The lowest BCUT2D eigenvalue weighted by Gasteiger charge is -2.20. The molecule has 0 bridgehead atoms. The smallest absolute Gasteiger partial charge is 0.323 e. The van der Waals surface area contributed by atoms with Gasteiger partial charge in [-0.15, -0.1) is 0 Å². The van der Waals surface area contributed by atoms with Gasteiger partial charge in [-0.2, -0.15) is 0 Å². The van der Waals surface area contributed by atoms with E-state index in [2.05, 4.69) is 20.9 Å². The van der Waals surface area contributed by atoms with Crippen LogP contribution in [0.4, 0.5) is 0 Å². The highest BCUT2D eigenvalue weighted by molar-refractivity contribution is 9.10. The highest BCUT2D eigenvalue weighted by atomic mass is 79.9. The van der Waals surface area contributed by atoms with E-state index in [0.29, 0.717) is 25.8 Å². The fourth-order valence-electron chi connectivity index (χ4n) is 3.13. The van der Waals surface area contributed by atoms with E-state index in [-0.39, 0.29) is 12.5 Å². The first kappa shape index (κ1) is 22.7. The minimum absolute atomic E-state index is 0.0416. The zero-order valence-electron chi connectivity index (χ0n) is 15.8. The highest BCUT2D eigenvalue weighted by Gasteiger charge is 2.45. The first-order valence-electron chi connectivity index (χ1n) is 9.12.